The smallest absolute Gasteiger partial charge is 0.174 e. The molecule has 1 saturated heterocycles. The van der Waals surface area contributed by atoms with Crippen LogP contribution in [0.15, 0.2) is 65.7 Å². The molecular formula is C26H24IN3O3. The summed E-state index contributed by atoms with van der Waals surface area (Å²) in [5.74, 6) is 1.28. The van der Waals surface area contributed by atoms with Crippen LogP contribution in [-0.2, 0) is 11.3 Å². The van der Waals surface area contributed by atoms with Crippen molar-refractivity contribution < 1.29 is 14.2 Å². The van der Waals surface area contributed by atoms with Crippen LogP contribution in [0.5, 0.6) is 11.5 Å². The predicted octanol–water partition coefficient (Wildman–Crippen LogP) is 5.34. The quantitative estimate of drug-likeness (QED) is 0.292. The zero-order valence-electron chi connectivity index (χ0n) is 18.3. The molecule has 7 heteroatoms. The molecule has 0 bridgehead atoms. The summed E-state index contributed by atoms with van der Waals surface area (Å²) in [5, 5.41) is 9.29. The fraction of sp³-hybridized carbons (Fsp3) is 0.231. The van der Waals surface area contributed by atoms with Crippen LogP contribution in [0.25, 0.3) is 0 Å². The van der Waals surface area contributed by atoms with Crippen molar-refractivity contribution in [3.63, 3.8) is 0 Å². The Morgan fingerprint density at radius 2 is 1.88 bits per heavy atom. The lowest BCUT2D eigenvalue weighted by Gasteiger charge is -2.28. The molecule has 0 N–H and O–H groups in total. The van der Waals surface area contributed by atoms with E-state index in [4.69, 9.17) is 14.2 Å². The van der Waals surface area contributed by atoms with Crippen LogP contribution in [0.2, 0.25) is 0 Å². The molecule has 3 aromatic rings. The Hall–Kier alpha value is -3.09. The normalized spacial score (nSPS) is 13.7. The lowest BCUT2D eigenvalue weighted by molar-refractivity contribution is 0.122. The second kappa shape index (κ2) is 11.2. The van der Waals surface area contributed by atoms with Crippen molar-refractivity contribution in [3.05, 3.63) is 80.9 Å². The number of nitriles is 1. The van der Waals surface area contributed by atoms with Crippen LogP contribution in [0.3, 0.4) is 0 Å². The Morgan fingerprint density at radius 1 is 1.12 bits per heavy atom. The van der Waals surface area contributed by atoms with Crippen molar-refractivity contribution in [1.82, 2.24) is 0 Å². The number of methoxy groups -OCH3 is 1. The van der Waals surface area contributed by atoms with Crippen LogP contribution in [0.4, 0.5) is 11.4 Å². The SMILES string of the molecule is COc1cc(C=Nc2ccc(N3CCOCC3)cc2)cc(I)c1OCc1ccccc1C#N. The molecule has 0 radical (unpaired) electrons. The molecule has 0 aliphatic carbocycles. The molecule has 0 atom stereocenters. The lowest BCUT2D eigenvalue weighted by atomic mass is 10.1. The van der Waals surface area contributed by atoms with Crippen molar-refractivity contribution in [2.24, 2.45) is 4.99 Å². The molecule has 0 saturated carbocycles. The average molecular weight is 553 g/mol. The molecule has 0 spiro atoms. The van der Waals surface area contributed by atoms with Crippen molar-refractivity contribution in [1.29, 1.82) is 5.26 Å². The highest BCUT2D eigenvalue weighted by molar-refractivity contribution is 14.1. The highest BCUT2D eigenvalue weighted by atomic mass is 127. The number of nitrogens with zero attached hydrogens (tertiary/aromatic N) is 3. The molecule has 0 aromatic heterocycles. The van der Waals surface area contributed by atoms with E-state index in [1.165, 1.54) is 5.69 Å². The number of hydrogen-bond donors (Lipinski definition) is 0. The van der Waals surface area contributed by atoms with Crippen molar-refractivity contribution >= 4 is 40.2 Å². The fourth-order valence-electron chi connectivity index (χ4n) is 3.58. The molecule has 33 heavy (non-hydrogen) atoms. The summed E-state index contributed by atoms with van der Waals surface area (Å²) in [6.07, 6.45) is 1.82. The molecule has 1 aliphatic rings. The number of anilines is 1. The Kier molecular flexibility index (Phi) is 7.81. The summed E-state index contributed by atoms with van der Waals surface area (Å²) in [7, 11) is 1.62. The van der Waals surface area contributed by atoms with E-state index >= 15 is 0 Å². The molecule has 1 fully saturated rings. The summed E-state index contributed by atoms with van der Waals surface area (Å²) in [4.78, 5) is 6.94. The van der Waals surface area contributed by atoms with Crippen LogP contribution >= 0.6 is 22.6 Å². The number of aliphatic imine (C=N–C) groups is 1. The highest BCUT2D eigenvalue weighted by Crippen LogP contribution is 2.34. The van der Waals surface area contributed by atoms with E-state index in [0.717, 1.165) is 46.7 Å². The second-order valence-electron chi connectivity index (χ2n) is 7.47. The standard InChI is InChI=1S/C26H24IN3O3/c1-31-25-15-19(14-24(27)26(25)33-18-21-5-3-2-4-20(21)16-28)17-29-22-6-8-23(9-7-22)30-10-12-32-13-11-30/h2-9,14-15,17H,10-13,18H2,1H3. The summed E-state index contributed by atoms with van der Waals surface area (Å²) < 4.78 is 17.9. The molecule has 1 heterocycles. The van der Waals surface area contributed by atoms with E-state index in [-0.39, 0.29) is 0 Å². The molecule has 6 nitrogen and oxygen atoms in total. The van der Waals surface area contributed by atoms with E-state index in [2.05, 4.69) is 50.7 Å². The Morgan fingerprint density at radius 3 is 2.61 bits per heavy atom. The Labute approximate surface area is 207 Å². The third-order valence-electron chi connectivity index (χ3n) is 5.35. The topological polar surface area (TPSA) is 67.1 Å². The van der Waals surface area contributed by atoms with E-state index in [0.29, 0.717) is 23.7 Å². The number of morpholine rings is 1. The van der Waals surface area contributed by atoms with Crippen molar-refractivity contribution in [3.8, 4) is 17.6 Å². The Bertz CT molecular complexity index is 1170. The maximum atomic E-state index is 9.29. The van der Waals surface area contributed by atoms with Gasteiger partial charge >= 0.3 is 0 Å². The molecule has 1 aliphatic heterocycles. The van der Waals surface area contributed by atoms with Gasteiger partial charge in [-0.25, -0.2) is 0 Å². The number of rotatable bonds is 7. The first-order chi connectivity index (χ1) is 16.2. The van der Waals surface area contributed by atoms with Gasteiger partial charge < -0.3 is 19.1 Å². The Balaban J connectivity index is 1.47. The van der Waals surface area contributed by atoms with Gasteiger partial charge in [0.2, 0.25) is 0 Å². The number of benzene rings is 3. The third-order valence-corrected chi connectivity index (χ3v) is 6.15. The van der Waals surface area contributed by atoms with Crippen molar-refractivity contribution in [2.45, 2.75) is 6.61 Å². The van der Waals surface area contributed by atoms with Gasteiger partial charge in [0.1, 0.15) is 6.61 Å². The summed E-state index contributed by atoms with van der Waals surface area (Å²) in [6, 6.07) is 21.8. The maximum absolute atomic E-state index is 9.29. The summed E-state index contributed by atoms with van der Waals surface area (Å²) in [5.41, 5.74) is 4.43. The van der Waals surface area contributed by atoms with E-state index < -0.39 is 0 Å². The minimum Gasteiger partial charge on any atom is -0.493 e. The highest BCUT2D eigenvalue weighted by Gasteiger charge is 2.13. The first-order valence-electron chi connectivity index (χ1n) is 10.6. The molecule has 3 aromatic carbocycles. The zero-order valence-corrected chi connectivity index (χ0v) is 20.5. The monoisotopic (exact) mass is 553 g/mol. The minimum atomic E-state index is 0.291. The largest absolute Gasteiger partial charge is 0.493 e. The second-order valence-corrected chi connectivity index (χ2v) is 8.63. The zero-order chi connectivity index (χ0) is 23.0. The van der Waals surface area contributed by atoms with Gasteiger partial charge in [0, 0.05) is 30.6 Å². The summed E-state index contributed by atoms with van der Waals surface area (Å²) in [6.45, 7) is 3.66. The molecule has 4 rings (SSSR count). The predicted molar refractivity (Wildman–Crippen MR) is 138 cm³/mol. The van der Waals surface area contributed by atoms with E-state index in [1.807, 2.05) is 48.7 Å². The van der Waals surface area contributed by atoms with Crippen LogP contribution < -0.4 is 14.4 Å². The van der Waals surface area contributed by atoms with Gasteiger partial charge in [-0.15, -0.1) is 0 Å². The van der Waals surface area contributed by atoms with Crippen LogP contribution in [-0.4, -0.2) is 39.6 Å². The minimum absolute atomic E-state index is 0.291. The lowest BCUT2D eigenvalue weighted by Crippen LogP contribution is -2.36. The van der Waals surface area contributed by atoms with Gasteiger partial charge in [-0.05, 0) is 70.6 Å². The van der Waals surface area contributed by atoms with Crippen LogP contribution in [0.1, 0.15) is 16.7 Å². The number of hydrogen-bond acceptors (Lipinski definition) is 6. The van der Waals surface area contributed by atoms with Gasteiger partial charge in [0.25, 0.3) is 0 Å². The molecular weight excluding hydrogens is 529 g/mol. The van der Waals surface area contributed by atoms with Gasteiger partial charge in [-0.2, -0.15) is 5.26 Å². The average Bonchev–Trinajstić information content (AvgIpc) is 2.87. The first-order valence-corrected chi connectivity index (χ1v) is 11.7. The van der Waals surface area contributed by atoms with Gasteiger partial charge in [0.05, 0.1) is 41.2 Å². The van der Waals surface area contributed by atoms with Gasteiger partial charge in [0.15, 0.2) is 11.5 Å². The number of ether oxygens (including phenoxy) is 3. The van der Waals surface area contributed by atoms with Gasteiger partial charge in [-0.3, -0.25) is 4.99 Å². The number of halogens is 1. The first kappa shape index (κ1) is 23.1. The van der Waals surface area contributed by atoms with E-state index in [1.54, 1.807) is 13.2 Å². The fourth-order valence-corrected chi connectivity index (χ4v) is 4.36. The third kappa shape index (κ3) is 5.83. The summed E-state index contributed by atoms with van der Waals surface area (Å²) >= 11 is 2.23. The molecule has 168 valence electrons. The van der Waals surface area contributed by atoms with E-state index in [9.17, 15) is 5.26 Å². The van der Waals surface area contributed by atoms with Gasteiger partial charge in [-0.1, -0.05) is 18.2 Å². The van der Waals surface area contributed by atoms with Crippen molar-refractivity contribution in [2.75, 3.05) is 38.3 Å². The molecule has 0 amide bonds. The maximum Gasteiger partial charge on any atom is 0.174 e. The van der Waals surface area contributed by atoms with Crippen LogP contribution in [0, 0.1) is 14.9 Å². The molecule has 0 unspecified atom stereocenters.